The smallest absolute Gasteiger partial charge is 0.321 e. The number of urea groups is 1. The highest BCUT2D eigenvalue weighted by atomic mass is 35.5. The molecular weight excluding hydrogens is 506 g/mol. The van der Waals surface area contributed by atoms with Crippen LogP contribution in [0.3, 0.4) is 0 Å². The van der Waals surface area contributed by atoms with E-state index >= 15 is 0 Å². The number of anilines is 2. The molecule has 0 aliphatic rings. The van der Waals surface area contributed by atoms with Crippen molar-refractivity contribution in [3.8, 4) is 27.8 Å². The Balaban J connectivity index is 1.61. The highest BCUT2D eigenvalue weighted by Crippen LogP contribution is 2.42. The Kier molecular flexibility index (Phi) is 9.71. The Morgan fingerprint density at radius 2 is 1.64 bits per heavy atom. The second-order valence-corrected chi connectivity index (χ2v) is 8.96. The number of amides is 3. The molecule has 1 aromatic heterocycles. The summed E-state index contributed by atoms with van der Waals surface area (Å²) in [4.78, 5) is 26.8. The van der Waals surface area contributed by atoms with Gasteiger partial charge in [0.15, 0.2) is 11.5 Å². The summed E-state index contributed by atoms with van der Waals surface area (Å²) >= 11 is 7.10. The fourth-order valence-corrected chi connectivity index (χ4v) is 4.21. The topological polar surface area (TPSA) is 115 Å². The van der Waals surface area contributed by atoms with Gasteiger partial charge in [-0.25, -0.2) is 4.79 Å². The van der Waals surface area contributed by atoms with Crippen molar-refractivity contribution in [3.05, 3.63) is 41.4 Å². The lowest BCUT2D eigenvalue weighted by molar-refractivity contribution is -0.116. The number of halogens is 1. The Hall–Kier alpha value is -3.57. The zero-order valence-electron chi connectivity index (χ0n) is 20.5. The third-order valence-electron chi connectivity index (χ3n) is 5.07. The maximum Gasteiger partial charge on any atom is 0.321 e. The number of methoxy groups -OCH3 is 3. The van der Waals surface area contributed by atoms with Gasteiger partial charge in [-0.3, -0.25) is 4.79 Å². The van der Waals surface area contributed by atoms with Crippen molar-refractivity contribution in [2.24, 2.45) is 0 Å². The van der Waals surface area contributed by atoms with Crippen LogP contribution in [0.4, 0.5) is 15.6 Å². The lowest BCUT2D eigenvalue weighted by Gasteiger charge is -2.22. The number of nitrogens with zero attached hydrogens (tertiary/aromatic N) is 3. The van der Waals surface area contributed by atoms with Gasteiger partial charge >= 0.3 is 6.03 Å². The number of aromatic nitrogens is 2. The Morgan fingerprint density at radius 1 is 0.972 bits per heavy atom. The van der Waals surface area contributed by atoms with Crippen LogP contribution in [0.25, 0.3) is 10.6 Å². The highest BCUT2D eigenvalue weighted by Gasteiger charge is 2.18. The van der Waals surface area contributed by atoms with Gasteiger partial charge in [-0.2, -0.15) is 0 Å². The van der Waals surface area contributed by atoms with E-state index in [1.54, 1.807) is 41.3 Å². The molecule has 1 heterocycles. The molecule has 2 N–H and O–H groups in total. The number of nitrogens with one attached hydrogen (secondary N) is 2. The van der Waals surface area contributed by atoms with Crippen LogP contribution in [0.1, 0.15) is 19.8 Å². The minimum Gasteiger partial charge on any atom is -0.493 e. The van der Waals surface area contributed by atoms with Crippen LogP contribution in [0.5, 0.6) is 17.2 Å². The van der Waals surface area contributed by atoms with Gasteiger partial charge in [-0.1, -0.05) is 29.9 Å². The summed E-state index contributed by atoms with van der Waals surface area (Å²) in [6.45, 7) is 2.73. The van der Waals surface area contributed by atoms with Crippen molar-refractivity contribution >= 4 is 45.7 Å². The molecule has 0 radical (unpaired) electrons. The third kappa shape index (κ3) is 6.98. The van der Waals surface area contributed by atoms with Gasteiger partial charge in [0.1, 0.15) is 5.01 Å². The van der Waals surface area contributed by atoms with Crippen LogP contribution in [0, 0.1) is 0 Å². The summed E-state index contributed by atoms with van der Waals surface area (Å²) < 4.78 is 16.1. The number of carbonyl (C=O) groups excluding carboxylic acids is 2. The van der Waals surface area contributed by atoms with E-state index in [0.717, 1.165) is 6.42 Å². The summed E-state index contributed by atoms with van der Waals surface area (Å²) in [5.74, 6) is 1.17. The molecule has 192 valence electrons. The van der Waals surface area contributed by atoms with Crippen molar-refractivity contribution in [2.75, 3.05) is 45.1 Å². The Morgan fingerprint density at radius 3 is 2.22 bits per heavy atom. The van der Waals surface area contributed by atoms with E-state index in [0.29, 0.717) is 50.2 Å². The molecular formula is C24H28ClN5O5S. The molecule has 3 aromatic rings. The third-order valence-corrected chi connectivity index (χ3v) is 6.21. The zero-order valence-corrected chi connectivity index (χ0v) is 22.0. The van der Waals surface area contributed by atoms with E-state index < -0.39 is 0 Å². The van der Waals surface area contributed by atoms with Crippen molar-refractivity contribution < 1.29 is 23.8 Å². The van der Waals surface area contributed by atoms with Crippen molar-refractivity contribution in [1.82, 2.24) is 15.1 Å². The van der Waals surface area contributed by atoms with Crippen molar-refractivity contribution in [3.63, 3.8) is 0 Å². The van der Waals surface area contributed by atoms with Gasteiger partial charge in [0.25, 0.3) is 0 Å². The number of carbonyl (C=O) groups is 2. The van der Waals surface area contributed by atoms with Gasteiger partial charge in [0.2, 0.25) is 16.8 Å². The van der Waals surface area contributed by atoms with Gasteiger partial charge in [0, 0.05) is 35.8 Å². The van der Waals surface area contributed by atoms with E-state index in [-0.39, 0.29) is 24.9 Å². The normalized spacial score (nSPS) is 10.5. The van der Waals surface area contributed by atoms with Crippen LogP contribution in [-0.4, -0.2) is 61.5 Å². The molecule has 0 atom stereocenters. The van der Waals surface area contributed by atoms with Gasteiger partial charge in [-0.05, 0) is 42.8 Å². The van der Waals surface area contributed by atoms with Crippen LogP contribution in [-0.2, 0) is 4.79 Å². The average Bonchev–Trinajstić information content (AvgIpc) is 3.35. The van der Waals surface area contributed by atoms with Crippen LogP contribution in [0.2, 0.25) is 5.02 Å². The summed E-state index contributed by atoms with van der Waals surface area (Å²) in [5, 5.41) is 15.3. The first kappa shape index (κ1) is 27.0. The lowest BCUT2D eigenvalue weighted by Crippen LogP contribution is -2.37. The van der Waals surface area contributed by atoms with Crippen molar-refractivity contribution in [1.29, 1.82) is 0 Å². The molecule has 0 saturated heterocycles. The molecule has 3 amide bonds. The summed E-state index contributed by atoms with van der Waals surface area (Å²) in [5.41, 5.74) is 1.33. The Labute approximate surface area is 218 Å². The first-order valence-electron chi connectivity index (χ1n) is 11.1. The summed E-state index contributed by atoms with van der Waals surface area (Å²) in [6.07, 6.45) is 0.858. The SMILES string of the molecule is CCCN(CCC(=O)Nc1nnc(-c2cc(OC)c(OC)c(OC)c2)s1)C(=O)Nc1ccc(Cl)cc1. The molecule has 10 nitrogen and oxygen atoms in total. The summed E-state index contributed by atoms with van der Waals surface area (Å²) in [6, 6.07) is 10.1. The predicted octanol–water partition coefficient (Wildman–Crippen LogP) is 5.16. The molecule has 36 heavy (non-hydrogen) atoms. The first-order valence-corrected chi connectivity index (χ1v) is 12.3. The number of benzene rings is 2. The van der Waals surface area contributed by atoms with Gasteiger partial charge in [0.05, 0.1) is 21.3 Å². The minimum atomic E-state index is -0.285. The zero-order chi connectivity index (χ0) is 26.1. The molecule has 0 aliphatic heterocycles. The standard InChI is InChI=1S/C24H28ClN5O5S/c1-5-11-30(24(32)26-17-8-6-16(25)7-9-17)12-10-20(31)27-23-29-28-22(36-23)15-13-18(33-2)21(35-4)19(14-15)34-3/h6-9,13-14H,5,10-12H2,1-4H3,(H,26,32)(H,27,29,31). The van der Waals surface area contributed by atoms with E-state index in [9.17, 15) is 9.59 Å². The van der Waals surface area contributed by atoms with Gasteiger partial charge < -0.3 is 29.7 Å². The van der Waals surface area contributed by atoms with Crippen LogP contribution >= 0.6 is 22.9 Å². The van der Waals surface area contributed by atoms with E-state index in [1.165, 1.54) is 32.7 Å². The largest absolute Gasteiger partial charge is 0.493 e. The van der Waals surface area contributed by atoms with E-state index in [4.69, 9.17) is 25.8 Å². The predicted molar refractivity (Wildman–Crippen MR) is 141 cm³/mol. The molecule has 12 heteroatoms. The summed E-state index contributed by atoms with van der Waals surface area (Å²) in [7, 11) is 4.59. The monoisotopic (exact) mass is 533 g/mol. The molecule has 0 bridgehead atoms. The second kappa shape index (κ2) is 12.9. The molecule has 0 unspecified atom stereocenters. The fourth-order valence-electron chi connectivity index (χ4n) is 3.33. The Bertz CT molecular complexity index is 1160. The van der Waals surface area contributed by atoms with Crippen LogP contribution in [0.15, 0.2) is 36.4 Å². The van der Waals surface area contributed by atoms with E-state index in [2.05, 4.69) is 20.8 Å². The molecule has 0 aliphatic carbocycles. The number of hydrogen-bond donors (Lipinski definition) is 2. The minimum absolute atomic E-state index is 0.104. The quantitative estimate of drug-likeness (QED) is 0.350. The first-order chi connectivity index (χ1) is 17.4. The molecule has 0 fully saturated rings. The molecule has 0 saturated carbocycles. The maximum atomic E-state index is 12.7. The molecule has 0 spiro atoms. The molecule has 3 rings (SSSR count). The number of ether oxygens (including phenoxy) is 3. The van der Waals surface area contributed by atoms with Gasteiger partial charge in [-0.15, -0.1) is 10.2 Å². The van der Waals surface area contributed by atoms with Crippen LogP contribution < -0.4 is 24.8 Å². The fraction of sp³-hybridized carbons (Fsp3) is 0.333. The maximum absolute atomic E-state index is 12.7. The lowest BCUT2D eigenvalue weighted by atomic mass is 10.2. The highest BCUT2D eigenvalue weighted by molar-refractivity contribution is 7.18. The van der Waals surface area contributed by atoms with Crippen molar-refractivity contribution in [2.45, 2.75) is 19.8 Å². The average molecular weight is 534 g/mol. The molecule has 2 aromatic carbocycles. The number of hydrogen-bond acceptors (Lipinski definition) is 8. The second-order valence-electron chi connectivity index (χ2n) is 7.55. The van der Waals surface area contributed by atoms with E-state index in [1.807, 2.05) is 6.92 Å². The number of rotatable bonds is 11.